The summed E-state index contributed by atoms with van der Waals surface area (Å²) in [5, 5.41) is 5.77. The smallest absolute Gasteiger partial charge is 0.259 e. The summed E-state index contributed by atoms with van der Waals surface area (Å²) < 4.78 is 5.10. The van der Waals surface area contributed by atoms with Crippen LogP contribution in [0.1, 0.15) is 10.7 Å². The minimum absolute atomic E-state index is 0.590. The van der Waals surface area contributed by atoms with Gasteiger partial charge < -0.3 is 10.3 Å². The Morgan fingerprint density at radius 3 is 3.07 bits per heavy atom. The quantitative estimate of drug-likeness (QED) is 0.834. The first-order valence-electron chi connectivity index (χ1n) is 4.38. The molecule has 0 aliphatic heterocycles. The molecule has 14 heavy (non-hydrogen) atoms. The van der Waals surface area contributed by atoms with Gasteiger partial charge in [0.25, 0.3) is 5.89 Å². The van der Waals surface area contributed by atoms with E-state index in [1.807, 2.05) is 18.4 Å². The van der Waals surface area contributed by atoms with Gasteiger partial charge >= 0.3 is 0 Å². The van der Waals surface area contributed by atoms with Crippen LogP contribution in [0.4, 0.5) is 0 Å². The van der Waals surface area contributed by atoms with E-state index in [0.717, 1.165) is 12.0 Å². The van der Waals surface area contributed by atoms with E-state index in [0.29, 0.717) is 18.3 Å². The average molecular weight is 209 g/mol. The topological polar surface area (TPSA) is 64.9 Å². The fourth-order valence-electron chi connectivity index (χ4n) is 1.26. The lowest BCUT2D eigenvalue weighted by molar-refractivity contribution is 0.425. The Labute approximate surface area is 85.7 Å². The van der Waals surface area contributed by atoms with Crippen LogP contribution in [0.2, 0.25) is 0 Å². The number of thiophene rings is 1. The van der Waals surface area contributed by atoms with Gasteiger partial charge in [-0.2, -0.15) is 4.98 Å². The Hall–Kier alpha value is -1.20. The van der Waals surface area contributed by atoms with Crippen molar-refractivity contribution in [1.29, 1.82) is 0 Å². The van der Waals surface area contributed by atoms with Crippen LogP contribution in [0, 0.1) is 6.92 Å². The third-order valence-corrected chi connectivity index (χ3v) is 2.86. The molecule has 0 radical (unpaired) electrons. The molecule has 0 bridgehead atoms. The summed E-state index contributed by atoms with van der Waals surface area (Å²) in [5.74, 6) is 1.25. The normalized spacial score (nSPS) is 10.7. The van der Waals surface area contributed by atoms with Gasteiger partial charge in [-0.25, -0.2) is 0 Å². The molecule has 0 saturated carbocycles. The van der Waals surface area contributed by atoms with Crippen molar-refractivity contribution >= 4 is 11.3 Å². The number of aryl methyl sites for hydroxylation is 1. The predicted molar refractivity (Wildman–Crippen MR) is 55.1 cm³/mol. The Morgan fingerprint density at radius 2 is 2.43 bits per heavy atom. The van der Waals surface area contributed by atoms with Gasteiger partial charge in [0.05, 0.1) is 5.56 Å². The van der Waals surface area contributed by atoms with Crippen molar-refractivity contribution in [2.24, 2.45) is 5.73 Å². The molecule has 2 rings (SSSR count). The molecule has 0 spiro atoms. The van der Waals surface area contributed by atoms with Crippen LogP contribution in [0.25, 0.3) is 11.5 Å². The maximum Gasteiger partial charge on any atom is 0.259 e. The van der Waals surface area contributed by atoms with Gasteiger partial charge in [-0.3, -0.25) is 0 Å². The molecule has 0 saturated heterocycles. The molecule has 2 aromatic rings. The van der Waals surface area contributed by atoms with Crippen LogP contribution in [0.3, 0.4) is 0 Å². The van der Waals surface area contributed by atoms with Gasteiger partial charge in [-0.05, 0) is 31.3 Å². The second-order valence-electron chi connectivity index (χ2n) is 2.94. The van der Waals surface area contributed by atoms with Gasteiger partial charge in [0.2, 0.25) is 0 Å². The van der Waals surface area contributed by atoms with Gasteiger partial charge in [-0.15, -0.1) is 11.3 Å². The maximum atomic E-state index is 5.51. The third kappa shape index (κ3) is 1.69. The highest BCUT2D eigenvalue weighted by Gasteiger charge is 2.11. The van der Waals surface area contributed by atoms with Crippen molar-refractivity contribution < 1.29 is 4.52 Å². The van der Waals surface area contributed by atoms with E-state index >= 15 is 0 Å². The summed E-state index contributed by atoms with van der Waals surface area (Å²) in [4.78, 5) is 5.39. The summed E-state index contributed by atoms with van der Waals surface area (Å²) in [6.45, 7) is 2.45. The molecule has 5 heteroatoms. The first-order valence-corrected chi connectivity index (χ1v) is 5.26. The standard InChI is InChI=1S/C9H11N3OS/c1-6-11-9(13-12-6)7-3-5-14-8(7)2-4-10/h3,5H,2,4,10H2,1H3. The fourth-order valence-corrected chi connectivity index (χ4v) is 2.15. The molecule has 4 nitrogen and oxygen atoms in total. The van der Waals surface area contributed by atoms with Crippen LogP contribution >= 0.6 is 11.3 Å². The lowest BCUT2D eigenvalue weighted by atomic mass is 10.2. The highest BCUT2D eigenvalue weighted by atomic mass is 32.1. The molecule has 2 aromatic heterocycles. The number of hydrogen-bond donors (Lipinski definition) is 1. The first kappa shape index (κ1) is 9.36. The molecule has 0 atom stereocenters. The zero-order valence-electron chi connectivity index (χ0n) is 7.86. The zero-order valence-corrected chi connectivity index (χ0v) is 8.67. The first-order chi connectivity index (χ1) is 6.81. The van der Waals surface area contributed by atoms with Crippen molar-refractivity contribution in [3.8, 4) is 11.5 Å². The van der Waals surface area contributed by atoms with Crippen molar-refractivity contribution in [3.63, 3.8) is 0 Å². The molecular formula is C9H11N3OS. The number of rotatable bonds is 3. The zero-order chi connectivity index (χ0) is 9.97. The number of nitrogens with two attached hydrogens (primary N) is 1. The van der Waals surface area contributed by atoms with Crippen molar-refractivity contribution in [3.05, 3.63) is 22.1 Å². The van der Waals surface area contributed by atoms with Crippen molar-refractivity contribution in [2.45, 2.75) is 13.3 Å². The van der Waals surface area contributed by atoms with Crippen LogP contribution in [0.5, 0.6) is 0 Å². The molecule has 2 N–H and O–H groups in total. The molecule has 0 aliphatic rings. The highest BCUT2D eigenvalue weighted by Crippen LogP contribution is 2.26. The summed E-state index contributed by atoms with van der Waals surface area (Å²) in [7, 11) is 0. The van der Waals surface area contributed by atoms with Gasteiger partial charge in [0.1, 0.15) is 0 Å². The van der Waals surface area contributed by atoms with Crippen molar-refractivity contribution in [2.75, 3.05) is 6.54 Å². The van der Waals surface area contributed by atoms with Crippen LogP contribution in [-0.2, 0) is 6.42 Å². The molecule has 0 fully saturated rings. The lowest BCUT2D eigenvalue weighted by Gasteiger charge is -1.95. The van der Waals surface area contributed by atoms with Crippen LogP contribution < -0.4 is 5.73 Å². The van der Waals surface area contributed by atoms with Crippen LogP contribution in [-0.4, -0.2) is 16.7 Å². The molecule has 0 amide bonds. The van der Waals surface area contributed by atoms with E-state index in [-0.39, 0.29) is 0 Å². The minimum atomic E-state index is 0.590. The lowest BCUT2D eigenvalue weighted by Crippen LogP contribution is -2.01. The molecule has 0 aromatic carbocycles. The number of aromatic nitrogens is 2. The van der Waals surface area contributed by atoms with E-state index in [1.165, 1.54) is 4.88 Å². The number of nitrogens with zero attached hydrogens (tertiary/aromatic N) is 2. The van der Waals surface area contributed by atoms with E-state index < -0.39 is 0 Å². The highest BCUT2D eigenvalue weighted by molar-refractivity contribution is 7.10. The van der Waals surface area contributed by atoms with E-state index in [1.54, 1.807) is 11.3 Å². The monoisotopic (exact) mass is 209 g/mol. The SMILES string of the molecule is Cc1noc(-c2ccsc2CCN)n1. The average Bonchev–Trinajstić information content (AvgIpc) is 2.74. The van der Waals surface area contributed by atoms with Crippen LogP contribution in [0.15, 0.2) is 16.0 Å². The summed E-state index contributed by atoms with van der Waals surface area (Å²) >= 11 is 1.67. The summed E-state index contributed by atoms with van der Waals surface area (Å²) in [5.41, 5.74) is 6.53. The van der Waals surface area contributed by atoms with Gasteiger partial charge in [0, 0.05) is 4.88 Å². The fraction of sp³-hybridized carbons (Fsp3) is 0.333. The largest absolute Gasteiger partial charge is 0.334 e. The maximum absolute atomic E-state index is 5.51. The summed E-state index contributed by atoms with van der Waals surface area (Å²) in [6.07, 6.45) is 0.856. The number of hydrogen-bond acceptors (Lipinski definition) is 5. The third-order valence-electron chi connectivity index (χ3n) is 1.87. The Morgan fingerprint density at radius 1 is 1.57 bits per heavy atom. The molecule has 2 heterocycles. The Bertz CT molecular complexity index is 421. The van der Waals surface area contributed by atoms with E-state index in [9.17, 15) is 0 Å². The Kier molecular flexibility index (Phi) is 2.60. The predicted octanol–water partition coefficient (Wildman–Crippen LogP) is 1.61. The minimum Gasteiger partial charge on any atom is -0.334 e. The Balaban J connectivity index is 2.36. The van der Waals surface area contributed by atoms with E-state index in [4.69, 9.17) is 10.3 Å². The van der Waals surface area contributed by atoms with Gasteiger partial charge in [-0.1, -0.05) is 5.16 Å². The van der Waals surface area contributed by atoms with E-state index in [2.05, 4.69) is 10.1 Å². The molecule has 0 unspecified atom stereocenters. The summed E-state index contributed by atoms with van der Waals surface area (Å²) in [6, 6.07) is 1.99. The van der Waals surface area contributed by atoms with Crippen molar-refractivity contribution in [1.82, 2.24) is 10.1 Å². The molecule has 0 aliphatic carbocycles. The van der Waals surface area contributed by atoms with Gasteiger partial charge in [0.15, 0.2) is 5.82 Å². The molecular weight excluding hydrogens is 198 g/mol. The second kappa shape index (κ2) is 3.89. The molecule has 74 valence electrons. The second-order valence-corrected chi connectivity index (χ2v) is 3.94.